The van der Waals surface area contributed by atoms with Gasteiger partial charge in [-0.2, -0.15) is 0 Å². The molecular formula is C15H23ClN2O2. The van der Waals surface area contributed by atoms with Crippen LogP contribution < -0.4 is 15.4 Å². The van der Waals surface area contributed by atoms with Crippen LogP contribution in [0.4, 0.5) is 0 Å². The van der Waals surface area contributed by atoms with E-state index in [1.807, 2.05) is 12.1 Å². The summed E-state index contributed by atoms with van der Waals surface area (Å²) >= 11 is 0. The minimum Gasteiger partial charge on any atom is -0.497 e. The van der Waals surface area contributed by atoms with Gasteiger partial charge in [-0.25, -0.2) is 0 Å². The first-order valence-electron chi connectivity index (χ1n) is 6.66. The quantitative estimate of drug-likeness (QED) is 0.870. The first kappa shape index (κ1) is 16.8. The van der Waals surface area contributed by atoms with Crippen molar-refractivity contribution in [3.63, 3.8) is 0 Å². The summed E-state index contributed by atoms with van der Waals surface area (Å²) in [7, 11) is 1.66. The molecule has 0 bridgehead atoms. The van der Waals surface area contributed by atoms with Crippen LogP contribution >= 0.6 is 12.4 Å². The van der Waals surface area contributed by atoms with Crippen LogP contribution in [0, 0.1) is 5.92 Å². The number of amides is 1. The maximum Gasteiger partial charge on any atom is 0.225 e. The van der Waals surface area contributed by atoms with E-state index in [4.69, 9.17) is 4.74 Å². The van der Waals surface area contributed by atoms with Crippen LogP contribution in [-0.4, -0.2) is 32.7 Å². The first-order chi connectivity index (χ1) is 9.03. The molecule has 1 amide bonds. The lowest BCUT2D eigenvalue weighted by atomic mass is 9.84. The fraction of sp³-hybridized carbons (Fsp3) is 0.533. The molecule has 1 aliphatic rings. The van der Waals surface area contributed by atoms with Gasteiger partial charge in [0.05, 0.1) is 13.0 Å². The molecule has 1 aromatic rings. The minimum atomic E-state index is -0.0842. The van der Waals surface area contributed by atoms with Gasteiger partial charge in [0.25, 0.3) is 0 Å². The summed E-state index contributed by atoms with van der Waals surface area (Å²) in [5.74, 6) is 1.15. The minimum absolute atomic E-state index is 0. The van der Waals surface area contributed by atoms with Gasteiger partial charge in [-0.15, -0.1) is 12.4 Å². The molecule has 1 heterocycles. The number of carbonyl (C=O) groups is 1. The van der Waals surface area contributed by atoms with E-state index in [1.54, 1.807) is 7.11 Å². The Bertz CT molecular complexity index is 442. The predicted octanol–water partition coefficient (Wildman–Crippen LogP) is 1.73. The Labute approximate surface area is 126 Å². The lowest BCUT2D eigenvalue weighted by molar-refractivity contribution is -0.126. The Hall–Kier alpha value is -1.26. The zero-order chi connectivity index (χ0) is 13.9. The average Bonchev–Trinajstić information content (AvgIpc) is 2.34. The molecule has 1 saturated heterocycles. The molecule has 1 aliphatic heterocycles. The third-order valence-corrected chi connectivity index (χ3v) is 3.73. The fourth-order valence-corrected chi connectivity index (χ4v) is 2.07. The third kappa shape index (κ3) is 3.87. The summed E-state index contributed by atoms with van der Waals surface area (Å²) in [5.41, 5.74) is 1.11. The molecule has 112 valence electrons. The number of hydrogen-bond donors (Lipinski definition) is 2. The normalized spacial score (nSPS) is 14.9. The van der Waals surface area contributed by atoms with E-state index in [0.717, 1.165) is 18.8 Å². The number of methoxy groups -OCH3 is 1. The van der Waals surface area contributed by atoms with E-state index >= 15 is 0 Å². The number of carbonyl (C=O) groups excluding carboxylic acids is 1. The van der Waals surface area contributed by atoms with Crippen LogP contribution in [-0.2, 0) is 10.2 Å². The number of halogens is 1. The Balaban J connectivity index is 0.00000200. The van der Waals surface area contributed by atoms with Gasteiger partial charge in [0.1, 0.15) is 5.75 Å². The highest BCUT2D eigenvalue weighted by atomic mass is 35.5. The standard InChI is InChI=1S/C15H22N2O2.ClH/c1-15(2,10-17-14(18)11-8-16-9-11)12-4-6-13(19-3)7-5-12;/h4-7,11,16H,8-10H2,1-3H3,(H,17,18);1H. The van der Waals surface area contributed by atoms with Crippen molar-refractivity contribution in [3.8, 4) is 5.75 Å². The van der Waals surface area contributed by atoms with Gasteiger partial charge in [-0.3, -0.25) is 4.79 Å². The SMILES string of the molecule is COc1ccc(C(C)(C)CNC(=O)C2CNC2)cc1.Cl. The van der Waals surface area contributed by atoms with Gasteiger partial charge < -0.3 is 15.4 Å². The summed E-state index contributed by atoms with van der Waals surface area (Å²) in [6.45, 7) is 6.51. The molecule has 20 heavy (non-hydrogen) atoms. The predicted molar refractivity (Wildman–Crippen MR) is 82.6 cm³/mol. The summed E-state index contributed by atoms with van der Waals surface area (Å²) in [4.78, 5) is 11.8. The number of hydrogen-bond acceptors (Lipinski definition) is 3. The van der Waals surface area contributed by atoms with Crippen molar-refractivity contribution in [1.82, 2.24) is 10.6 Å². The average molecular weight is 299 g/mol. The molecule has 1 aromatic carbocycles. The van der Waals surface area contributed by atoms with Crippen LogP contribution in [0.2, 0.25) is 0 Å². The molecule has 0 atom stereocenters. The van der Waals surface area contributed by atoms with Gasteiger partial charge in [-0.1, -0.05) is 26.0 Å². The van der Waals surface area contributed by atoms with Gasteiger partial charge in [0.15, 0.2) is 0 Å². The fourth-order valence-electron chi connectivity index (χ4n) is 2.07. The second-order valence-corrected chi connectivity index (χ2v) is 5.69. The highest BCUT2D eigenvalue weighted by Crippen LogP contribution is 2.24. The molecule has 4 nitrogen and oxygen atoms in total. The van der Waals surface area contributed by atoms with Crippen molar-refractivity contribution in [2.75, 3.05) is 26.7 Å². The van der Waals surface area contributed by atoms with E-state index < -0.39 is 0 Å². The smallest absolute Gasteiger partial charge is 0.225 e. The van der Waals surface area contributed by atoms with Crippen molar-refractivity contribution in [2.45, 2.75) is 19.3 Å². The van der Waals surface area contributed by atoms with Crippen LogP contribution in [0.5, 0.6) is 5.75 Å². The molecule has 5 heteroatoms. The van der Waals surface area contributed by atoms with E-state index in [2.05, 4.69) is 36.6 Å². The molecule has 2 N–H and O–H groups in total. The Morgan fingerprint density at radius 3 is 2.40 bits per heavy atom. The van der Waals surface area contributed by atoms with E-state index in [1.165, 1.54) is 5.56 Å². The highest BCUT2D eigenvalue weighted by Gasteiger charge is 2.27. The number of benzene rings is 1. The molecule has 0 aromatic heterocycles. The number of rotatable bonds is 5. The summed E-state index contributed by atoms with van der Waals surface area (Å²) < 4.78 is 5.16. The Kier molecular flexibility index (Phi) is 5.84. The van der Waals surface area contributed by atoms with Crippen LogP contribution in [0.15, 0.2) is 24.3 Å². The van der Waals surface area contributed by atoms with Crippen LogP contribution in [0.25, 0.3) is 0 Å². The lowest BCUT2D eigenvalue weighted by Crippen LogP contribution is -2.52. The molecule has 0 spiro atoms. The molecular weight excluding hydrogens is 276 g/mol. The maximum absolute atomic E-state index is 11.8. The third-order valence-electron chi connectivity index (χ3n) is 3.73. The van der Waals surface area contributed by atoms with E-state index in [0.29, 0.717) is 6.54 Å². The van der Waals surface area contributed by atoms with Gasteiger partial charge >= 0.3 is 0 Å². The van der Waals surface area contributed by atoms with E-state index in [9.17, 15) is 4.79 Å². The first-order valence-corrected chi connectivity index (χ1v) is 6.66. The monoisotopic (exact) mass is 298 g/mol. The summed E-state index contributed by atoms with van der Waals surface area (Å²) in [5, 5.41) is 6.15. The number of nitrogens with one attached hydrogen (secondary N) is 2. The molecule has 0 unspecified atom stereocenters. The van der Waals surface area contributed by atoms with Gasteiger partial charge in [-0.05, 0) is 17.7 Å². The van der Waals surface area contributed by atoms with Crippen molar-refractivity contribution < 1.29 is 9.53 Å². The van der Waals surface area contributed by atoms with Crippen molar-refractivity contribution in [3.05, 3.63) is 29.8 Å². The molecule has 0 saturated carbocycles. The van der Waals surface area contributed by atoms with Crippen LogP contribution in [0.1, 0.15) is 19.4 Å². The zero-order valence-electron chi connectivity index (χ0n) is 12.2. The molecule has 0 aliphatic carbocycles. The number of ether oxygens (including phenoxy) is 1. The Morgan fingerprint density at radius 1 is 1.35 bits per heavy atom. The van der Waals surface area contributed by atoms with Crippen LogP contribution in [0.3, 0.4) is 0 Å². The topological polar surface area (TPSA) is 50.4 Å². The zero-order valence-corrected chi connectivity index (χ0v) is 13.0. The second kappa shape index (κ2) is 6.95. The Morgan fingerprint density at radius 2 is 1.95 bits per heavy atom. The van der Waals surface area contributed by atoms with Crippen molar-refractivity contribution >= 4 is 18.3 Å². The molecule has 1 fully saturated rings. The lowest BCUT2D eigenvalue weighted by Gasteiger charge is -2.30. The maximum atomic E-state index is 11.8. The summed E-state index contributed by atoms with van der Waals surface area (Å²) in [6, 6.07) is 8.01. The van der Waals surface area contributed by atoms with Crippen molar-refractivity contribution in [2.24, 2.45) is 5.92 Å². The highest BCUT2D eigenvalue weighted by molar-refractivity contribution is 5.85. The molecule has 0 radical (unpaired) electrons. The molecule has 2 rings (SSSR count). The van der Waals surface area contributed by atoms with Gasteiger partial charge in [0.2, 0.25) is 5.91 Å². The second-order valence-electron chi connectivity index (χ2n) is 5.69. The summed E-state index contributed by atoms with van der Waals surface area (Å²) in [6.07, 6.45) is 0. The van der Waals surface area contributed by atoms with Gasteiger partial charge in [0, 0.05) is 25.0 Å². The van der Waals surface area contributed by atoms with E-state index in [-0.39, 0.29) is 29.6 Å². The largest absolute Gasteiger partial charge is 0.497 e. The van der Waals surface area contributed by atoms with Crippen molar-refractivity contribution in [1.29, 1.82) is 0 Å².